The molecule has 1 unspecified atom stereocenters. The van der Waals surface area contributed by atoms with Crippen LogP contribution in [0.3, 0.4) is 0 Å². The van der Waals surface area contributed by atoms with Gasteiger partial charge in [-0.1, -0.05) is 0 Å². The molecule has 7 nitrogen and oxygen atoms in total. The molecule has 2 saturated heterocycles. The second kappa shape index (κ2) is 9.61. The maximum absolute atomic E-state index is 13.0. The SMILES string of the molecule is Cc1nc(CCC(=O)N2CCOCC(C(=O)N3CCCN(C)CC3)C2)cs1. The zero-order chi connectivity index (χ0) is 19.2. The Labute approximate surface area is 165 Å². The first kappa shape index (κ1) is 20.2. The first-order valence-corrected chi connectivity index (χ1v) is 10.6. The molecule has 1 atom stereocenters. The van der Waals surface area contributed by atoms with E-state index in [2.05, 4.69) is 16.9 Å². The van der Waals surface area contributed by atoms with Crippen LogP contribution in [0.4, 0.5) is 0 Å². The van der Waals surface area contributed by atoms with E-state index in [4.69, 9.17) is 4.74 Å². The molecule has 8 heteroatoms. The number of nitrogens with zero attached hydrogens (tertiary/aromatic N) is 4. The van der Waals surface area contributed by atoms with Crippen LogP contribution in [-0.2, 0) is 20.7 Å². The van der Waals surface area contributed by atoms with Crippen LogP contribution >= 0.6 is 11.3 Å². The number of amides is 2. The number of aryl methyl sites for hydroxylation is 2. The van der Waals surface area contributed by atoms with Crippen LogP contribution in [0.2, 0.25) is 0 Å². The van der Waals surface area contributed by atoms with Crippen molar-refractivity contribution in [3.63, 3.8) is 0 Å². The van der Waals surface area contributed by atoms with Crippen molar-refractivity contribution in [1.29, 1.82) is 0 Å². The lowest BCUT2D eigenvalue weighted by molar-refractivity contribution is -0.138. The molecule has 3 heterocycles. The largest absolute Gasteiger partial charge is 0.379 e. The Bertz CT molecular complexity index is 651. The summed E-state index contributed by atoms with van der Waals surface area (Å²) >= 11 is 1.61. The van der Waals surface area contributed by atoms with Gasteiger partial charge in [-0.3, -0.25) is 9.59 Å². The van der Waals surface area contributed by atoms with Crippen molar-refractivity contribution in [2.75, 3.05) is 59.5 Å². The molecule has 0 radical (unpaired) electrons. The standard InChI is InChI=1S/C19H30N4O3S/c1-15-20-17(14-27-15)4-5-18(24)23-10-11-26-13-16(12-23)19(25)22-7-3-6-21(2)8-9-22/h14,16H,3-13H2,1-2H3. The summed E-state index contributed by atoms with van der Waals surface area (Å²) in [5.74, 6) is -0.0546. The Kier molecular flexibility index (Phi) is 7.20. The molecule has 150 valence electrons. The van der Waals surface area contributed by atoms with Gasteiger partial charge in [-0.25, -0.2) is 4.98 Å². The number of ether oxygens (including phenoxy) is 1. The van der Waals surface area contributed by atoms with Gasteiger partial charge in [-0.15, -0.1) is 11.3 Å². The Morgan fingerprint density at radius 3 is 2.85 bits per heavy atom. The smallest absolute Gasteiger partial charge is 0.229 e. The first-order chi connectivity index (χ1) is 13.0. The monoisotopic (exact) mass is 394 g/mol. The van der Waals surface area contributed by atoms with Crippen LogP contribution in [0, 0.1) is 12.8 Å². The molecule has 0 spiro atoms. The molecule has 0 N–H and O–H groups in total. The van der Waals surface area contributed by atoms with Gasteiger partial charge in [0.15, 0.2) is 0 Å². The number of aromatic nitrogens is 1. The van der Waals surface area contributed by atoms with Crippen LogP contribution in [0.25, 0.3) is 0 Å². The summed E-state index contributed by atoms with van der Waals surface area (Å²) in [6.45, 7) is 7.34. The van der Waals surface area contributed by atoms with Gasteiger partial charge in [0, 0.05) is 44.5 Å². The summed E-state index contributed by atoms with van der Waals surface area (Å²) in [5.41, 5.74) is 0.971. The van der Waals surface area contributed by atoms with Gasteiger partial charge < -0.3 is 19.4 Å². The van der Waals surface area contributed by atoms with Gasteiger partial charge in [0.1, 0.15) is 0 Å². The highest BCUT2D eigenvalue weighted by Gasteiger charge is 2.31. The molecule has 2 fully saturated rings. The number of thiazole rings is 1. The lowest BCUT2D eigenvalue weighted by Gasteiger charge is -2.28. The van der Waals surface area contributed by atoms with Gasteiger partial charge >= 0.3 is 0 Å². The van der Waals surface area contributed by atoms with Gasteiger partial charge in [-0.05, 0) is 33.4 Å². The van der Waals surface area contributed by atoms with Gasteiger partial charge in [0.05, 0.1) is 29.8 Å². The fraction of sp³-hybridized carbons (Fsp3) is 0.737. The number of hydrogen-bond acceptors (Lipinski definition) is 6. The summed E-state index contributed by atoms with van der Waals surface area (Å²) in [6.07, 6.45) is 2.07. The summed E-state index contributed by atoms with van der Waals surface area (Å²) in [5, 5.41) is 3.03. The van der Waals surface area contributed by atoms with E-state index in [0.29, 0.717) is 39.1 Å². The number of likely N-dealkylation sites (N-methyl/N-ethyl adjacent to an activating group) is 1. The van der Waals surface area contributed by atoms with Crippen LogP contribution in [0.1, 0.15) is 23.5 Å². The fourth-order valence-corrected chi connectivity index (χ4v) is 4.27. The van der Waals surface area contributed by atoms with Gasteiger partial charge in [0.2, 0.25) is 11.8 Å². The molecule has 1 aromatic rings. The second-order valence-corrected chi connectivity index (χ2v) is 8.51. The van der Waals surface area contributed by atoms with Crippen molar-refractivity contribution in [2.24, 2.45) is 5.92 Å². The van der Waals surface area contributed by atoms with E-state index in [9.17, 15) is 9.59 Å². The number of carbonyl (C=O) groups is 2. The summed E-state index contributed by atoms with van der Waals surface area (Å²) in [4.78, 5) is 36.1. The van der Waals surface area contributed by atoms with E-state index >= 15 is 0 Å². The minimum Gasteiger partial charge on any atom is -0.379 e. The third-order valence-corrected chi connectivity index (χ3v) is 6.08. The first-order valence-electron chi connectivity index (χ1n) is 9.77. The summed E-state index contributed by atoms with van der Waals surface area (Å²) < 4.78 is 5.66. The lowest BCUT2D eigenvalue weighted by atomic mass is 10.1. The number of hydrogen-bond donors (Lipinski definition) is 0. The molecule has 3 rings (SSSR count). The molecular formula is C19H30N4O3S. The molecule has 1 aromatic heterocycles. The van der Waals surface area contributed by atoms with E-state index in [1.165, 1.54) is 0 Å². The van der Waals surface area contributed by atoms with E-state index < -0.39 is 0 Å². The Hall–Kier alpha value is -1.51. The van der Waals surface area contributed by atoms with E-state index in [-0.39, 0.29) is 17.7 Å². The van der Waals surface area contributed by atoms with Crippen molar-refractivity contribution in [3.05, 3.63) is 16.1 Å². The highest BCUT2D eigenvalue weighted by Crippen LogP contribution is 2.15. The minimum absolute atomic E-state index is 0.0829. The third-order valence-electron chi connectivity index (χ3n) is 5.26. The molecule has 27 heavy (non-hydrogen) atoms. The van der Waals surface area contributed by atoms with Crippen LogP contribution in [0.15, 0.2) is 5.38 Å². The quantitative estimate of drug-likeness (QED) is 0.763. The van der Waals surface area contributed by atoms with E-state index in [1.54, 1.807) is 16.2 Å². The predicted octanol–water partition coefficient (Wildman–Crippen LogP) is 1.02. The third kappa shape index (κ3) is 5.73. The highest BCUT2D eigenvalue weighted by molar-refractivity contribution is 7.09. The van der Waals surface area contributed by atoms with E-state index in [1.807, 2.05) is 17.2 Å². The maximum atomic E-state index is 13.0. The normalized spacial score (nSPS) is 22.4. The number of carbonyl (C=O) groups excluding carboxylic acids is 2. The molecular weight excluding hydrogens is 364 g/mol. The van der Waals surface area contributed by atoms with Crippen molar-refractivity contribution in [3.8, 4) is 0 Å². The Morgan fingerprint density at radius 1 is 1.22 bits per heavy atom. The summed E-state index contributed by atoms with van der Waals surface area (Å²) in [7, 11) is 2.09. The van der Waals surface area contributed by atoms with Crippen LogP contribution in [0.5, 0.6) is 0 Å². The second-order valence-electron chi connectivity index (χ2n) is 7.45. The molecule has 0 saturated carbocycles. The van der Waals surface area contributed by atoms with Crippen molar-refractivity contribution < 1.29 is 14.3 Å². The average molecular weight is 395 g/mol. The molecule has 2 aliphatic heterocycles. The van der Waals surface area contributed by atoms with E-state index in [0.717, 1.165) is 43.3 Å². The predicted molar refractivity (Wildman–Crippen MR) is 105 cm³/mol. The highest BCUT2D eigenvalue weighted by atomic mass is 32.1. The average Bonchev–Trinajstić information content (AvgIpc) is 2.85. The van der Waals surface area contributed by atoms with Gasteiger partial charge in [0.25, 0.3) is 0 Å². The Morgan fingerprint density at radius 2 is 2.07 bits per heavy atom. The van der Waals surface area contributed by atoms with Crippen LogP contribution < -0.4 is 0 Å². The molecule has 0 aromatic carbocycles. The van der Waals surface area contributed by atoms with Crippen molar-refractivity contribution in [1.82, 2.24) is 19.7 Å². The zero-order valence-electron chi connectivity index (χ0n) is 16.4. The molecule has 0 aliphatic carbocycles. The fourth-order valence-electron chi connectivity index (χ4n) is 3.63. The molecule has 2 aliphatic rings. The van der Waals surface area contributed by atoms with Crippen LogP contribution in [-0.4, -0.2) is 91.0 Å². The maximum Gasteiger partial charge on any atom is 0.229 e. The topological polar surface area (TPSA) is 66.0 Å². The van der Waals surface area contributed by atoms with Gasteiger partial charge in [-0.2, -0.15) is 0 Å². The summed E-state index contributed by atoms with van der Waals surface area (Å²) in [6, 6.07) is 0. The number of rotatable bonds is 4. The zero-order valence-corrected chi connectivity index (χ0v) is 17.2. The lowest BCUT2D eigenvalue weighted by Crippen LogP contribution is -2.45. The minimum atomic E-state index is -0.263. The Balaban J connectivity index is 1.55. The van der Waals surface area contributed by atoms with Crippen molar-refractivity contribution >= 4 is 23.2 Å². The molecule has 2 amide bonds. The molecule has 0 bridgehead atoms. The van der Waals surface area contributed by atoms with Crippen molar-refractivity contribution in [2.45, 2.75) is 26.2 Å².